The molecule has 4 heteroatoms. The Hall–Kier alpha value is -1.97. The maximum atomic E-state index is 11.5. The Labute approximate surface area is 108 Å². The summed E-state index contributed by atoms with van der Waals surface area (Å²) < 4.78 is 4.92. The second-order valence-electron chi connectivity index (χ2n) is 4.26. The molecule has 0 saturated heterocycles. The van der Waals surface area contributed by atoms with E-state index in [-0.39, 0.29) is 5.97 Å². The van der Waals surface area contributed by atoms with E-state index in [0.717, 1.165) is 11.3 Å². The maximum Gasteiger partial charge on any atom is 0.333 e. The van der Waals surface area contributed by atoms with Gasteiger partial charge in [-0.1, -0.05) is 6.07 Å². The standard InChI is InChI=1S/C14H20N2O2/c1-5-18-14(17)10(2)8-11-6-7-12(16(3)4)9-13(11)15/h6-9H,5,15H2,1-4H3/b10-8-. The summed E-state index contributed by atoms with van der Waals surface area (Å²) in [5.74, 6) is -0.311. The number of carbonyl (C=O) groups excluding carboxylic acids is 1. The molecule has 1 aromatic rings. The van der Waals surface area contributed by atoms with Crippen molar-refractivity contribution in [3.05, 3.63) is 29.3 Å². The minimum atomic E-state index is -0.311. The number of nitrogens with zero attached hydrogens (tertiary/aromatic N) is 1. The molecule has 0 aliphatic heterocycles. The van der Waals surface area contributed by atoms with E-state index in [0.29, 0.717) is 17.9 Å². The van der Waals surface area contributed by atoms with Gasteiger partial charge in [0, 0.05) is 31.0 Å². The zero-order chi connectivity index (χ0) is 13.7. The third-order valence-electron chi connectivity index (χ3n) is 2.56. The van der Waals surface area contributed by atoms with Gasteiger partial charge in [-0.25, -0.2) is 4.79 Å². The molecule has 2 N–H and O–H groups in total. The van der Waals surface area contributed by atoms with Crippen molar-refractivity contribution in [1.29, 1.82) is 0 Å². The fourth-order valence-corrected chi connectivity index (χ4v) is 1.51. The van der Waals surface area contributed by atoms with Crippen molar-refractivity contribution >= 4 is 23.4 Å². The summed E-state index contributed by atoms with van der Waals surface area (Å²) in [6, 6.07) is 5.73. The number of ether oxygens (including phenoxy) is 1. The van der Waals surface area contributed by atoms with E-state index < -0.39 is 0 Å². The fraction of sp³-hybridized carbons (Fsp3) is 0.357. The number of hydrogen-bond donors (Lipinski definition) is 1. The Kier molecular flexibility index (Phi) is 4.77. The van der Waals surface area contributed by atoms with Crippen molar-refractivity contribution < 1.29 is 9.53 Å². The molecule has 98 valence electrons. The van der Waals surface area contributed by atoms with E-state index in [1.54, 1.807) is 19.9 Å². The van der Waals surface area contributed by atoms with E-state index in [2.05, 4.69) is 0 Å². The summed E-state index contributed by atoms with van der Waals surface area (Å²) in [5.41, 5.74) is 9.00. The molecule has 0 saturated carbocycles. The third-order valence-corrected chi connectivity index (χ3v) is 2.56. The van der Waals surface area contributed by atoms with Gasteiger partial charge >= 0.3 is 5.97 Å². The molecule has 0 atom stereocenters. The molecule has 0 fully saturated rings. The number of anilines is 2. The lowest BCUT2D eigenvalue weighted by atomic mass is 10.1. The second-order valence-corrected chi connectivity index (χ2v) is 4.26. The molecule has 1 aromatic carbocycles. The lowest BCUT2D eigenvalue weighted by Crippen LogP contribution is -2.09. The molecule has 0 aromatic heterocycles. The smallest absolute Gasteiger partial charge is 0.333 e. The molecule has 0 aliphatic carbocycles. The van der Waals surface area contributed by atoms with Crippen molar-refractivity contribution in [2.24, 2.45) is 0 Å². The summed E-state index contributed by atoms with van der Waals surface area (Å²) in [6.45, 7) is 3.88. The fourth-order valence-electron chi connectivity index (χ4n) is 1.51. The van der Waals surface area contributed by atoms with E-state index in [1.165, 1.54) is 0 Å². The monoisotopic (exact) mass is 248 g/mol. The van der Waals surface area contributed by atoms with Crippen molar-refractivity contribution in [2.75, 3.05) is 31.3 Å². The van der Waals surface area contributed by atoms with Crippen molar-refractivity contribution in [3.63, 3.8) is 0 Å². The van der Waals surface area contributed by atoms with Crippen LogP contribution in [0.1, 0.15) is 19.4 Å². The second kappa shape index (κ2) is 6.10. The molecule has 1 rings (SSSR count). The van der Waals surface area contributed by atoms with E-state index in [1.807, 2.05) is 37.2 Å². The third kappa shape index (κ3) is 3.52. The Morgan fingerprint density at radius 2 is 2.11 bits per heavy atom. The topological polar surface area (TPSA) is 55.6 Å². The average Bonchev–Trinajstić information content (AvgIpc) is 2.31. The first-order chi connectivity index (χ1) is 8.45. The molecule has 0 spiro atoms. The van der Waals surface area contributed by atoms with Gasteiger partial charge in [0.2, 0.25) is 0 Å². The number of hydrogen-bond acceptors (Lipinski definition) is 4. The van der Waals surface area contributed by atoms with Gasteiger partial charge < -0.3 is 15.4 Å². The highest BCUT2D eigenvalue weighted by Crippen LogP contribution is 2.22. The Morgan fingerprint density at radius 3 is 2.61 bits per heavy atom. The molecular formula is C14H20N2O2. The van der Waals surface area contributed by atoms with Crippen LogP contribution in [0.5, 0.6) is 0 Å². The first-order valence-electron chi connectivity index (χ1n) is 5.88. The van der Waals surface area contributed by atoms with Crippen LogP contribution in [0.4, 0.5) is 11.4 Å². The summed E-state index contributed by atoms with van der Waals surface area (Å²) in [5, 5.41) is 0. The Morgan fingerprint density at radius 1 is 1.44 bits per heavy atom. The van der Waals surface area contributed by atoms with Crippen LogP contribution in [-0.2, 0) is 9.53 Å². The van der Waals surface area contributed by atoms with Crippen LogP contribution >= 0.6 is 0 Å². The molecule has 0 radical (unpaired) electrons. The summed E-state index contributed by atoms with van der Waals surface area (Å²) in [7, 11) is 3.91. The highest BCUT2D eigenvalue weighted by molar-refractivity contribution is 5.94. The largest absolute Gasteiger partial charge is 0.463 e. The van der Waals surface area contributed by atoms with E-state index >= 15 is 0 Å². The lowest BCUT2D eigenvalue weighted by Gasteiger charge is -2.14. The number of nitrogens with two attached hydrogens (primary N) is 1. The Balaban J connectivity index is 2.98. The number of benzene rings is 1. The van der Waals surface area contributed by atoms with Crippen molar-refractivity contribution in [2.45, 2.75) is 13.8 Å². The molecule has 0 bridgehead atoms. The van der Waals surface area contributed by atoms with Gasteiger partial charge in [-0.05, 0) is 37.6 Å². The van der Waals surface area contributed by atoms with E-state index in [9.17, 15) is 4.79 Å². The molecule has 0 heterocycles. The number of rotatable bonds is 4. The van der Waals surface area contributed by atoms with Crippen LogP contribution in [0.3, 0.4) is 0 Å². The zero-order valence-corrected chi connectivity index (χ0v) is 11.4. The number of nitrogen functional groups attached to an aromatic ring is 1. The number of esters is 1. The van der Waals surface area contributed by atoms with Gasteiger partial charge in [-0.3, -0.25) is 0 Å². The first-order valence-corrected chi connectivity index (χ1v) is 5.88. The summed E-state index contributed by atoms with van der Waals surface area (Å²) in [4.78, 5) is 13.5. The predicted octanol–water partition coefficient (Wildman–Crippen LogP) is 2.30. The van der Waals surface area contributed by atoms with Crippen LogP contribution < -0.4 is 10.6 Å². The molecule has 4 nitrogen and oxygen atoms in total. The van der Waals surface area contributed by atoms with Crippen molar-refractivity contribution in [1.82, 2.24) is 0 Å². The highest BCUT2D eigenvalue weighted by Gasteiger charge is 2.06. The van der Waals surface area contributed by atoms with Gasteiger partial charge in [-0.15, -0.1) is 0 Å². The predicted molar refractivity (Wildman–Crippen MR) is 75.5 cm³/mol. The summed E-state index contributed by atoms with van der Waals surface area (Å²) >= 11 is 0. The minimum Gasteiger partial charge on any atom is -0.463 e. The summed E-state index contributed by atoms with van der Waals surface area (Å²) in [6.07, 6.45) is 1.74. The van der Waals surface area contributed by atoms with Gasteiger partial charge in [-0.2, -0.15) is 0 Å². The quantitative estimate of drug-likeness (QED) is 0.504. The molecular weight excluding hydrogens is 228 g/mol. The maximum absolute atomic E-state index is 11.5. The van der Waals surface area contributed by atoms with Gasteiger partial charge in [0.15, 0.2) is 0 Å². The van der Waals surface area contributed by atoms with Gasteiger partial charge in [0.1, 0.15) is 0 Å². The molecule has 0 aliphatic rings. The SMILES string of the molecule is CCOC(=O)/C(C)=C\c1ccc(N(C)C)cc1N. The van der Waals surface area contributed by atoms with Crippen LogP contribution in [-0.4, -0.2) is 26.7 Å². The van der Waals surface area contributed by atoms with Crippen molar-refractivity contribution in [3.8, 4) is 0 Å². The van der Waals surface area contributed by atoms with Crippen LogP contribution in [0, 0.1) is 0 Å². The minimum absolute atomic E-state index is 0.311. The Bertz CT molecular complexity index is 465. The number of carbonyl (C=O) groups is 1. The van der Waals surface area contributed by atoms with Gasteiger partial charge in [0.05, 0.1) is 6.61 Å². The van der Waals surface area contributed by atoms with Crippen LogP contribution in [0.2, 0.25) is 0 Å². The molecule has 0 unspecified atom stereocenters. The zero-order valence-electron chi connectivity index (χ0n) is 11.4. The van der Waals surface area contributed by atoms with Crippen LogP contribution in [0.25, 0.3) is 6.08 Å². The van der Waals surface area contributed by atoms with Gasteiger partial charge in [0.25, 0.3) is 0 Å². The normalized spacial score (nSPS) is 11.2. The van der Waals surface area contributed by atoms with E-state index in [4.69, 9.17) is 10.5 Å². The lowest BCUT2D eigenvalue weighted by molar-refractivity contribution is -0.138. The first kappa shape index (κ1) is 14.1. The molecule has 18 heavy (non-hydrogen) atoms. The molecule has 0 amide bonds. The average molecular weight is 248 g/mol. The highest BCUT2D eigenvalue weighted by atomic mass is 16.5. The van der Waals surface area contributed by atoms with Crippen LogP contribution in [0.15, 0.2) is 23.8 Å².